The molecule has 27 heavy (non-hydrogen) atoms. The molecule has 0 saturated heterocycles. The molecule has 0 spiro atoms. The van der Waals surface area contributed by atoms with Gasteiger partial charge in [-0.2, -0.15) is 0 Å². The van der Waals surface area contributed by atoms with Crippen LogP contribution in [0.15, 0.2) is 0 Å². The normalized spacial score (nSPS) is 16.4. The molecule has 0 nitrogen and oxygen atoms in total. The van der Waals surface area contributed by atoms with E-state index in [9.17, 15) is 79.0 Å². The predicted molar refractivity (Wildman–Crippen MR) is 47.5 cm³/mol. The molecule has 0 radical (unpaired) electrons. The maximum atomic E-state index is 12.9. The molecule has 0 atom stereocenters. The van der Waals surface area contributed by atoms with Crippen LogP contribution in [0.5, 0.6) is 0 Å². The number of halogens is 18. The molecule has 0 bridgehead atoms. The molecule has 0 aromatic carbocycles. The SMILES string of the molecule is FC(F)(F)C(F)(F)C(F)(F)[C](F)(F)[Sn+2][C](F)(F)C(F)(F)C(F)(F)C(F)(F)F. The molecule has 0 unspecified atom stereocenters. The van der Waals surface area contributed by atoms with Crippen molar-refractivity contribution in [3.05, 3.63) is 0 Å². The Morgan fingerprint density at radius 2 is 0.481 bits per heavy atom. The van der Waals surface area contributed by atoms with Crippen molar-refractivity contribution in [1.82, 2.24) is 0 Å². The third-order valence-corrected chi connectivity index (χ3v) is 6.19. The predicted octanol–water partition coefficient (Wildman–Crippen LogP) is 5.54. The van der Waals surface area contributed by atoms with Crippen molar-refractivity contribution in [3.63, 3.8) is 0 Å². The fraction of sp³-hybridized carbons (Fsp3) is 1.00. The Balaban J connectivity index is 6.19. The number of hydrogen-bond acceptors (Lipinski definition) is 0. The number of hydrogen-bond donors (Lipinski definition) is 0. The molecule has 0 aromatic rings. The fourth-order valence-corrected chi connectivity index (χ4v) is 4.02. The van der Waals surface area contributed by atoms with Crippen molar-refractivity contribution >= 4 is 21.1 Å². The number of alkyl halides is 18. The van der Waals surface area contributed by atoms with E-state index in [1.807, 2.05) is 0 Å². The summed E-state index contributed by atoms with van der Waals surface area (Å²) in [7, 11) is 0. The van der Waals surface area contributed by atoms with Crippen molar-refractivity contribution in [2.24, 2.45) is 0 Å². The summed E-state index contributed by atoms with van der Waals surface area (Å²) in [6, 6.07) is 0. The van der Waals surface area contributed by atoms with E-state index in [1.165, 1.54) is 0 Å². The molecular weight excluding hydrogens is 557 g/mol. The maximum absolute atomic E-state index is 12.9. The van der Waals surface area contributed by atoms with E-state index in [0.717, 1.165) is 0 Å². The first-order valence-corrected chi connectivity index (χ1v) is 8.26. The first-order chi connectivity index (χ1) is 11.2. The van der Waals surface area contributed by atoms with Gasteiger partial charge < -0.3 is 0 Å². The third-order valence-electron chi connectivity index (χ3n) is 2.60. The van der Waals surface area contributed by atoms with Crippen LogP contribution in [0, 0.1) is 0 Å². The zero-order valence-electron chi connectivity index (χ0n) is 11.3. The van der Waals surface area contributed by atoms with Gasteiger partial charge in [0.25, 0.3) is 0 Å². The van der Waals surface area contributed by atoms with Crippen LogP contribution in [0.1, 0.15) is 0 Å². The number of rotatable bonds is 6. The van der Waals surface area contributed by atoms with E-state index in [1.54, 1.807) is 0 Å². The topological polar surface area (TPSA) is 0 Å². The van der Waals surface area contributed by atoms with Gasteiger partial charge in [0.1, 0.15) is 0 Å². The minimum absolute atomic E-state index is 6.91. The van der Waals surface area contributed by atoms with Gasteiger partial charge in [0.2, 0.25) is 0 Å². The Kier molecular flexibility index (Phi) is 6.42. The Hall–Kier alpha value is -0.461. The molecule has 0 aliphatic heterocycles. The van der Waals surface area contributed by atoms with Crippen LogP contribution >= 0.6 is 0 Å². The molecule has 19 heteroatoms. The molecule has 0 aliphatic rings. The third kappa shape index (κ3) is 3.99. The first kappa shape index (κ1) is 26.5. The van der Waals surface area contributed by atoms with Crippen molar-refractivity contribution in [2.45, 2.75) is 43.9 Å². The van der Waals surface area contributed by atoms with Crippen LogP contribution in [-0.4, -0.2) is 65.1 Å². The van der Waals surface area contributed by atoms with Crippen molar-refractivity contribution < 1.29 is 79.0 Å². The summed E-state index contributed by atoms with van der Waals surface area (Å²) >= 11 is -6.91. The molecule has 0 N–H and O–H groups in total. The summed E-state index contributed by atoms with van der Waals surface area (Å²) < 4.78 is 208. The Morgan fingerprint density at radius 3 is 0.630 bits per heavy atom. The Bertz CT molecular complexity index is 489. The molecule has 0 amide bonds. The quantitative estimate of drug-likeness (QED) is 0.298. The van der Waals surface area contributed by atoms with Crippen LogP contribution in [0.2, 0.25) is 0 Å². The van der Waals surface area contributed by atoms with Crippen LogP contribution in [0.4, 0.5) is 79.0 Å². The summed E-state index contributed by atoms with van der Waals surface area (Å²) in [5.41, 5.74) is 0. The second-order valence-electron chi connectivity index (χ2n) is 4.57. The minimum atomic E-state index is -7.85. The Morgan fingerprint density at radius 1 is 0.296 bits per heavy atom. The zero-order valence-corrected chi connectivity index (χ0v) is 14.2. The van der Waals surface area contributed by atoms with Gasteiger partial charge in [0.05, 0.1) is 0 Å². The van der Waals surface area contributed by atoms with Crippen LogP contribution < -0.4 is 0 Å². The summed E-state index contributed by atoms with van der Waals surface area (Å²) in [5, 5.41) is 0. The summed E-state index contributed by atoms with van der Waals surface area (Å²) in [6.45, 7) is 0. The molecule has 0 aromatic heterocycles. The van der Waals surface area contributed by atoms with E-state index >= 15 is 0 Å². The van der Waals surface area contributed by atoms with Gasteiger partial charge in [-0.3, -0.25) is 0 Å². The van der Waals surface area contributed by atoms with E-state index < -0.39 is 65.1 Å². The van der Waals surface area contributed by atoms with Crippen molar-refractivity contribution in [1.29, 1.82) is 0 Å². The average Bonchev–Trinajstić information content (AvgIpc) is 2.33. The van der Waals surface area contributed by atoms with E-state index in [-0.39, 0.29) is 0 Å². The van der Waals surface area contributed by atoms with Gasteiger partial charge in [0, 0.05) is 0 Å². The van der Waals surface area contributed by atoms with E-state index in [0.29, 0.717) is 0 Å². The molecular formula is C8F18Sn+2. The average molecular weight is 557 g/mol. The van der Waals surface area contributed by atoms with E-state index in [4.69, 9.17) is 0 Å². The fourth-order valence-electron chi connectivity index (χ4n) is 1.10. The summed E-state index contributed by atoms with van der Waals surface area (Å²) in [4.78, 5) is 0. The Labute approximate surface area is 145 Å². The van der Waals surface area contributed by atoms with Gasteiger partial charge in [-0.1, -0.05) is 0 Å². The summed E-state index contributed by atoms with van der Waals surface area (Å²) in [6.07, 6.45) is -15.1. The first-order valence-electron chi connectivity index (χ1n) is 5.40. The second-order valence-corrected chi connectivity index (χ2v) is 8.86. The van der Waals surface area contributed by atoms with Crippen molar-refractivity contribution in [2.75, 3.05) is 0 Å². The molecule has 0 rings (SSSR count). The monoisotopic (exact) mass is 558 g/mol. The van der Waals surface area contributed by atoms with Gasteiger partial charge in [-0.25, -0.2) is 0 Å². The zero-order chi connectivity index (χ0) is 22.7. The van der Waals surface area contributed by atoms with Gasteiger partial charge in [-0.15, -0.1) is 0 Å². The van der Waals surface area contributed by atoms with Gasteiger partial charge in [-0.05, 0) is 0 Å². The standard InChI is InChI=1S/2C4F9.Sn/c2*5-1(6)2(7,8)3(9,10)4(11,12)13;/q;;+2. The molecule has 0 aliphatic carbocycles. The molecule has 0 saturated carbocycles. The van der Waals surface area contributed by atoms with Gasteiger partial charge in [0.15, 0.2) is 0 Å². The molecule has 0 fully saturated rings. The molecule has 0 heterocycles. The second kappa shape index (κ2) is 6.53. The van der Waals surface area contributed by atoms with Crippen molar-refractivity contribution in [3.8, 4) is 0 Å². The summed E-state index contributed by atoms with van der Waals surface area (Å²) in [5.74, 6) is -31.3. The van der Waals surface area contributed by atoms with Crippen LogP contribution in [-0.2, 0) is 0 Å². The van der Waals surface area contributed by atoms with Crippen LogP contribution in [0.25, 0.3) is 0 Å². The van der Waals surface area contributed by atoms with E-state index in [2.05, 4.69) is 0 Å². The van der Waals surface area contributed by atoms with Gasteiger partial charge >= 0.3 is 144 Å². The van der Waals surface area contributed by atoms with Crippen LogP contribution in [0.3, 0.4) is 0 Å². The molecule has 160 valence electrons.